The Labute approximate surface area is 125 Å². The van der Waals surface area contributed by atoms with Gasteiger partial charge >= 0.3 is 5.97 Å². The number of nitriles is 1. The molecule has 0 aliphatic carbocycles. The van der Waals surface area contributed by atoms with Crippen molar-refractivity contribution in [2.45, 2.75) is 6.61 Å². The number of carboxylic acid groups (broad SMARTS) is 1. The molecule has 4 nitrogen and oxygen atoms in total. The van der Waals surface area contributed by atoms with Crippen LogP contribution in [0.4, 0.5) is 4.39 Å². The maximum absolute atomic E-state index is 13.2. The number of hydrogen-bond donors (Lipinski definition) is 1. The van der Waals surface area contributed by atoms with Gasteiger partial charge in [-0.1, -0.05) is 23.7 Å². The van der Waals surface area contributed by atoms with E-state index in [9.17, 15) is 9.18 Å². The van der Waals surface area contributed by atoms with Gasteiger partial charge in [0.05, 0.1) is 10.6 Å². The highest BCUT2D eigenvalue weighted by Gasteiger charge is 2.15. The summed E-state index contributed by atoms with van der Waals surface area (Å²) in [5.41, 5.74) is 0.312. The van der Waals surface area contributed by atoms with E-state index in [0.29, 0.717) is 5.56 Å². The Morgan fingerprint density at radius 3 is 2.81 bits per heavy atom. The Bertz CT molecular complexity index is 740. The van der Waals surface area contributed by atoms with Crippen LogP contribution in [-0.2, 0) is 6.61 Å². The number of halogens is 2. The molecular weight excluding hydrogens is 297 g/mol. The maximum Gasteiger partial charge on any atom is 0.341 e. The third-order valence-electron chi connectivity index (χ3n) is 2.73. The van der Waals surface area contributed by atoms with Crippen molar-refractivity contribution in [1.29, 1.82) is 5.26 Å². The molecule has 0 fully saturated rings. The lowest BCUT2D eigenvalue weighted by atomic mass is 10.1. The van der Waals surface area contributed by atoms with E-state index >= 15 is 0 Å². The first-order valence-corrected chi connectivity index (χ1v) is 6.24. The minimum absolute atomic E-state index is 0.00438. The van der Waals surface area contributed by atoms with Crippen molar-refractivity contribution in [3.8, 4) is 11.8 Å². The van der Waals surface area contributed by atoms with Crippen LogP contribution >= 0.6 is 11.6 Å². The summed E-state index contributed by atoms with van der Waals surface area (Å²) in [4.78, 5) is 11.1. The second-order valence-corrected chi connectivity index (χ2v) is 4.54. The molecular formula is C15H9ClFNO3. The highest BCUT2D eigenvalue weighted by Crippen LogP contribution is 2.27. The molecule has 0 saturated heterocycles. The zero-order valence-electron chi connectivity index (χ0n) is 10.6. The molecule has 6 heteroatoms. The third-order valence-corrected chi connectivity index (χ3v) is 3.05. The number of ether oxygens (including phenoxy) is 1. The van der Waals surface area contributed by atoms with Crippen molar-refractivity contribution in [2.75, 3.05) is 0 Å². The number of carbonyl (C=O) groups is 1. The van der Waals surface area contributed by atoms with Gasteiger partial charge in [0.25, 0.3) is 0 Å². The number of carboxylic acids is 1. The second-order valence-electron chi connectivity index (χ2n) is 4.13. The van der Waals surface area contributed by atoms with E-state index in [-0.39, 0.29) is 28.5 Å². The number of nitrogens with zero attached hydrogens (tertiary/aromatic N) is 1. The van der Waals surface area contributed by atoms with E-state index in [1.165, 1.54) is 24.3 Å². The van der Waals surface area contributed by atoms with Crippen molar-refractivity contribution < 1.29 is 19.0 Å². The Balaban J connectivity index is 2.23. The largest absolute Gasteiger partial charge is 0.488 e. The lowest BCUT2D eigenvalue weighted by Gasteiger charge is -2.10. The van der Waals surface area contributed by atoms with E-state index < -0.39 is 11.8 Å². The topological polar surface area (TPSA) is 70.3 Å². The van der Waals surface area contributed by atoms with Crippen LogP contribution in [0.15, 0.2) is 36.4 Å². The van der Waals surface area contributed by atoms with Crippen LogP contribution in [0, 0.1) is 17.1 Å². The molecule has 0 aliphatic rings. The van der Waals surface area contributed by atoms with Crippen LogP contribution in [0.25, 0.3) is 0 Å². The normalized spacial score (nSPS) is 9.95. The molecule has 0 saturated carbocycles. The minimum Gasteiger partial charge on any atom is -0.488 e. The summed E-state index contributed by atoms with van der Waals surface area (Å²) < 4.78 is 18.6. The summed E-state index contributed by atoms with van der Waals surface area (Å²) in [5, 5.41) is 17.9. The van der Waals surface area contributed by atoms with Gasteiger partial charge < -0.3 is 9.84 Å². The monoisotopic (exact) mass is 305 g/mol. The van der Waals surface area contributed by atoms with Gasteiger partial charge in [-0.3, -0.25) is 0 Å². The van der Waals surface area contributed by atoms with Crippen molar-refractivity contribution in [1.82, 2.24) is 0 Å². The van der Waals surface area contributed by atoms with Gasteiger partial charge in [0.1, 0.15) is 29.8 Å². The van der Waals surface area contributed by atoms with Crippen molar-refractivity contribution in [2.24, 2.45) is 0 Å². The molecule has 1 N–H and O–H groups in total. The van der Waals surface area contributed by atoms with Gasteiger partial charge in [-0.25, -0.2) is 9.18 Å². The van der Waals surface area contributed by atoms with Crippen LogP contribution in [0.5, 0.6) is 5.75 Å². The lowest BCUT2D eigenvalue weighted by molar-refractivity contribution is 0.0692. The highest BCUT2D eigenvalue weighted by molar-refractivity contribution is 6.33. The van der Waals surface area contributed by atoms with Gasteiger partial charge in [0.2, 0.25) is 0 Å². The Hall–Kier alpha value is -2.58. The van der Waals surface area contributed by atoms with Crippen LogP contribution in [0.1, 0.15) is 21.5 Å². The molecule has 2 aromatic rings. The third kappa shape index (κ3) is 3.30. The first kappa shape index (κ1) is 14.8. The van der Waals surface area contributed by atoms with Gasteiger partial charge in [-0.15, -0.1) is 0 Å². The highest BCUT2D eigenvalue weighted by atomic mass is 35.5. The van der Waals surface area contributed by atoms with E-state index in [2.05, 4.69) is 0 Å². The predicted molar refractivity (Wildman–Crippen MR) is 73.9 cm³/mol. The number of aromatic carboxylic acids is 1. The first-order valence-electron chi connectivity index (χ1n) is 5.86. The molecule has 0 aromatic heterocycles. The molecule has 0 radical (unpaired) electrons. The summed E-state index contributed by atoms with van der Waals surface area (Å²) in [6.45, 7) is -0.00438. The molecule has 0 amide bonds. The average molecular weight is 306 g/mol. The minimum atomic E-state index is -1.20. The molecule has 106 valence electrons. The zero-order chi connectivity index (χ0) is 15.4. The van der Waals surface area contributed by atoms with E-state index in [1.807, 2.05) is 0 Å². The van der Waals surface area contributed by atoms with Gasteiger partial charge in [-0.2, -0.15) is 5.26 Å². The molecule has 0 spiro atoms. The zero-order valence-corrected chi connectivity index (χ0v) is 11.4. The summed E-state index contributed by atoms with van der Waals surface area (Å²) in [6, 6.07) is 10.2. The molecule has 2 aromatic carbocycles. The molecule has 0 bridgehead atoms. The number of hydrogen-bond acceptors (Lipinski definition) is 3. The standard InChI is InChI=1S/C15H9ClFNO3/c16-11-2-1-3-13(14(11)15(19)20)21-8-9-4-5-12(17)10(6-9)7-18/h1-6H,8H2,(H,19,20). The summed E-state index contributed by atoms with van der Waals surface area (Å²) in [6.07, 6.45) is 0. The fourth-order valence-corrected chi connectivity index (χ4v) is 1.99. The van der Waals surface area contributed by atoms with Gasteiger partial charge in [0.15, 0.2) is 0 Å². The maximum atomic E-state index is 13.2. The van der Waals surface area contributed by atoms with E-state index in [4.69, 9.17) is 26.7 Å². The number of rotatable bonds is 4. The molecule has 0 unspecified atom stereocenters. The van der Waals surface area contributed by atoms with Crippen molar-refractivity contribution in [3.05, 3.63) is 63.9 Å². The molecule has 0 heterocycles. The first-order chi connectivity index (χ1) is 10.0. The molecule has 2 rings (SSSR count). The fourth-order valence-electron chi connectivity index (χ4n) is 1.74. The Morgan fingerprint density at radius 2 is 2.14 bits per heavy atom. The molecule has 0 atom stereocenters. The fraction of sp³-hybridized carbons (Fsp3) is 0.0667. The molecule has 0 aliphatic heterocycles. The van der Waals surface area contributed by atoms with Gasteiger partial charge in [0, 0.05) is 0 Å². The molecule has 21 heavy (non-hydrogen) atoms. The average Bonchev–Trinajstić information content (AvgIpc) is 2.46. The summed E-state index contributed by atoms with van der Waals surface area (Å²) in [5.74, 6) is -1.71. The van der Waals surface area contributed by atoms with E-state index in [1.54, 1.807) is 12.1 Å². The van der Waals surface area contributed by atoms with Gasteiger partial charge in [-0.05, 0) is 29.8 Å². The predicted octanol–water partition coefficient (Wildman–Crippen LogP) is 3.63. The van der Waals surface area contributed by atoms with Crippen LogP contribution < -0.4 is 4.74 Å². The quantitative estimate of drug-likeness (QED) is 0.936. The van der Waals surface area contributed by atoms with Crippen molar-refractivity contribution in [3.63, 3.8) is 0 Å². The van der Waals surface area contributed by atoms with Crippen LogP contribution in [-0.4, -0.2) is 11.1 Å². The Morgan fingerprint density at radius 1 is 1.38 bits per heavy atom. The smallest absolute Gasteiger partial charge is 0.341 e. The number of benzene rings is 2. The van der Waals surface area contributed by atoms with E-state index in [0.717, 1.165) is 6.07 Å². The van der Waals surface area contributed by atoms with Crippen LogP contribution in [0.3, 0.4) is 0 Å². The summed E-state index contributed by atoms with van der Waals surface area (Å²) in [7, 11) is 0. The SMILES string of the molecule is N#Cc1cc(COc2cccc(Cl)c2C(=O)O)ccc1F. The second kappa shape index (κ2) is 6.25. The van der Waals surface area contributed by atoms with Crippen molar-refractivity contribution >= 4 is 17.6 Å². The summed E-state index contributed by atoms with van der Waals surface area (Å²) >= 11 is 5.82. The van der Waals surface area contributed by atoms with Crippen LogP contribution in [0.2, 0.25) is 5.02 Å². The lowest BCUT2D eigenvalue weighted by Crippen LogP contribution is -2.04. The Kier molecular flexibility index (Phi) is 4.41.